The van der Waals surface area contributed by atoms with Crippen LogP contribution in [-0.2, 0) is 16.0 Å². The molecule has 1 aliphatic rings. The summed E-state index contributed by atoms with van der Waals surface area (Å²) in [6.07, 6.45) is 8.53. The first kappa shape index (κ1) is 17.3. The van der Waals surface area contributed by atoms with E-state index < -0.39 is 0 Å². The molecule has 0 aliphatic heterocycles. The minimum absolute atomic E-state index is 0.168. The van der Waals surface area contributed by atoms with Gasteiger partial charge in [0.1, 0.15) is 0 Å². The summed E-state index contributed by atoms with van der Waals surface area (Å²) in [4.78, 5) is 28.7. The van der Waals surface area contributed by atoms with Gasteiger partial charge >= 0.3 is 0 Å². The van der Waals surface area contributed by atoms with Gasteiger partial charge in [0.2, 0.25) is 12.2 Å². The van der Waals surface area contributed by atoms with Crippen LogP contribution in [0.15, 0.2) is 22.1 Å². The van der Waals surface area contributed by atoms with Crippen molar-refractivity contribution in [3.05, 3.63) is 28.8 Å². The molecule has 1 fully saturated rings. The number of hydrogen-bond acceptors (Lipinski definition) is 4. The number of isocyanates is 2. The highest BCUT2D eigenvalue weighted by Gasteiger charge is 2.21. The molecule has 4 heteroatoms. The van der Waals surface area contributed by atoms with E-state index in [9.17, 15) is 9.59 Å². The van der Waals surface area contributed by atoms with Gasteiger partial charge in [0, 0.05) is 0 Å². The molecule has 0 aromatic heterocycles. The number of hydrogen-bond donors (Lipinski definition) is 0. The molecule has 0 amide bonds. The van der Waals surface area contributed by atoms with Gasteiger partial charge < -0.3 is 0 Å². The monoisotopic (exact) mass is 312 g/mol. The first-order valence-electron chi connectivity index (χ1n) is 8.33. The molecule has 0 radical (unpaired) electrons. The Morgan fingerprint density at radius 3 is 2.39 bits per heavy atom. The normalized spacial score (nSPS) is 20.7. The smallest absolute Gasteiger partial charge is 0.211 e. The van der Waals surface area contributed by atoms with Gasteiger partial charge in [0.15, 0.2) is 0 Å². The summed E-state index contributed by atoms with van der Waals surface area (Å²) in [6, 6.07) is 4.49. The van der Waals surface area contributed by atoms with Crippen LogP contribution >= 0.6 is 0 Å². The summed E-state index contributed by atoms with van der Waals surface area (Å²) in [7, 11) is 0. The fourth-order valence-electron chi connectivity index (χ4n) is 3.53. The zero-order valence-electron chi connectivity index (χ0n) is 14.1. The molecule has 23 heavy (non-hydrogen) atoms. The molecule has 0 unspecified atom stereocenters. The number of carbonyl (C=O) groups excluding carboxylic acids is 2. The van der Waals surface area contributed by atoms with E-state index in [0.717, 1.165) is 48.9 Å². The fourth-order valence-corrected chi connectivity index (χ4v) is 3.53. The average molecular weight is 312 g/mol. The van der Waals surface area contributed by atoms with Crippen LogP contribution in [0.4, 0.5) is 5.69 Å². The van der Waals surface area contributed by atoms with E-state index in [2.05, 4.69) is 36.0 Å². The van der Waals surface area contributed by atoms with E-state index in [1.165, 1.54) is 5.56 Å². The highest BCUT2D eigenvalue weighted by molar-refractivity contribution is 5.60. The molecule has 0 saturated heterocycles. The second-order valence-corrected chi connectivity index (χ2v) is 6.81. The molecule has 1 aromatic carbocycles. The zero-order chi connectivity index (χ0) is 16.8. The summed E-state index contributed by atoms with van der Waals surface area (Å²) in [5.74, 6) is 0.950. The van der Waals surface area contributed by atoms with Gasteiger partial charge in [-0.25, -0.2) is 14.6 Å². The van der Waals surface area contributed by atoms with E-state index in [0.29, 0.717) is 11.8 Å². The SMILES string of the molecule is Cc1cc(CC2CCC(N=C=O)CC2)cc(C(C)C)c1N=C=O. The highest BCUT2D eigenvalue weighted by Crippen LogP contribution is 2.34. The molecule has 1 aromatic rings. The Morgan fingerprint density at radius 2 is 1.83 bits per heavy atom. The van der Waals surface area contributed by atoms with Crippen molar-refractivity contribution in [3.63, 3.8) is 0 Å². The lowest BCUT2D eigenvalue weighted by Gasteiger charge is -2.26. The van der Waals surface area contributed by atoms with Crippen LogP contribution < -0.4 is 0 Å². The molecule has 0 spiro atoms. The summed E-state index contributed by atoms with van der Waals surface area (Å²) in [5.41, 5.74) is 4.22. The maximum Gasteiger partial charge on any atom is 0.240 e. The van der Waals surface area contributed by atoms with Gasteiger partial charge in [-0.1, -0.05) is 26.0 Å². The minimum Gasteiger partial charge on any atom is -0.211 e. The first-order chi connectivity index (χ1) is 11.0. The third-order valence-electron chi connectivity index (χ3n) is 4.75. The van der Waals surface area contributed by atoms with Crippen molar-refractivity contribution in [1.29, 1.82) is 0 Å². The van der Waals surface area contributed by atoms with Gasteiger partial charge in [-0.15, -0.1) is 0 Å². The lowest BCUT2D eigenvalue weighted by molar-refractivity contribution is 0.325. The molecule has 4 nitrogen and oxygen atoms in total. The maximum atomic E-state index is 10.7. The maximum absolute atomic E-state index is 10.7. The largest absolute Gasteiger partial charge is 0.240 e. The van der Waals surface area contributed by atoms with Crippen molar-refractivity contribution < 1.29 is 9.59 Å². The lowest BCUT2D eigenvalue weighted by Crippen LogP contribution is -2.18. The van der Waals surface area contributed by atoms with Crippen molar-refractivity contribution in [2.45, 2.75) is 64.8 Å². The van der Waals surface area contributed by atoms with Gasteiger partial charge in [-0.2, -0.15) is 4.99 Å². The molecule has 0 heterocycles. The summed E-state index contributed by atoms with van der Waals surface area (Å²) >= 11 is 0. The Labute approximate surface area is 137 Å². The number of benzene rings is 1. The standard InChI is InChI=1S/C19H24N2O2/c1-13(2)18-10-16(8-14(3)19(18)21-12-23)9-15-4-6-17(7-5-15)20-11-22/h8,10,13,15,17H,4-7,9H2,1-3H3. The van der Waals surface area contributed by atoms with Crippen molar-refractivity contribution in [3.8, 4) is 0 Å². The first-order valence-corrected chi connectivity index (χ1v) is 8.33. The summed E-state index contributed by atoms with van der Waals surface area (Å²) < 4.78 is 0. The van der Waals surface area contributed by atoms with Crippen molar-refractivity contribution in [2.24, 2.45) is 15.9 Å². The third kappa shape index (κ3) is 4.48. The van der Waals surface area contributed by atoms with Crippen LogP contribution in [-0.4, -0.2) is 18.2 Å². The van der Waals surface area contributed by atoms with E-state index in [1.807, 2.05) is 6.92 Å². The predicted molar refractivity (Wildman–Crippen MR) is 90.6 cm³/mol. The van der Waals surface area contributed by atoms with Crippen molar-refractivity contribution in [2.75, 3.05) is 0 Å². The Morgan fingerprint density at radius 1 is 1.13 bits per heavy atom. The molecule has 0 atom stereocenters. The molecule has 0 bridgehead atoms. The van der Waals surface area contributed by atoms with Gasteiger partial charge in [-0.3, -0.25) is 0 Å². The van der Waals surface area contributed by atoms with E-state index in [1.54, 1.807) is 12.2 Å². The van der Waals surface area contributed by atoms with Crippen LogP contribution in [0.25, 0.3) is 0 Å². The topological polar surface area (TPSA) is 58.9 Å². The predicted octanol–water partition coefficient (Wildman–Crippen LogP) is 4.52. The van der Waals surface area contributed by atoms with Crippen LogP contribution in [0.3, 0.4) is 0 Å². The lowest BCUT2D eigenvalue weighted by atomic mass is 9.81. The quantitative estimate of drug-likeness (QED) is 0.592. The molecule has 122 valence electrons. The molecule has 1 aliphatic carbocycles. The van der Waals surface area contributed by atoms with Crippen molar-refractivity contribution >= 4 is 17.8 Å². The second kappa shape index (κ2) is 8.01. The summed E-state index contributed by atoms with van der Waals surface area (Å²) in [5, 5.41) is 0. The summed E-state index contributed by atoms with van der Waals surface area (Å²) in [6.45, 7) is 6.23. The molecule has 2 rings (SSSR count). The fraction of sp³-hybridized carbons (Fsp3) is 0.579. The minimum atomic E-state index is 0.168. The van der Waals surface area contributed by atoms with Gasteiger partial charge in [-0.05, 0) is 67.6 Å². The number of nitrogens with zero attached hydrogens (tertiary/aromatic N) is 2. The molecular formula is C19H24N2O2. The van der Waals surface area contributed by atoms with Crippen molar-refractivity contribution in [1.82, 2.24) is 0 Å². The van der Waals surface area contributed by atoms with Crippen LogP contribution in [0.2, 0.25) is 0 Å². The number of rotatable bonds is 5. The Bertz CT molecular complexity index is 646. The highest BCUT2D eigenvalue weighted by atomic mass is 16.1. The Kier molecular flexibility index (Phi) is 6.04. The molecular weight excluding hydrogens is 288 g/mol. The van der Waals surface area contributed by atoms with E-state index in [-0.39, 0.29) is 6.04 Å². The van der Waals surface area contributed by atoms with Crippen LogP contribution in [0.5, 0.6) is 0 Å². The molecule has 0 N–H and O–H groups in total. The van der Waals surface area contributed by atoms with Gasteiger partial charge in [0.25, 0.3) is 0 Å². The van der Waals surface area contributed by atoms with Crippen LogP contribution in [0, 0.1) is 12.8 Å². The third-order valence-corrected chi connectivity index (χ3v) is 4.75. The average Bonchev–Trinajstić information content (AvgIpc) is 2.52. The van der Waals surface area contributed by atoms with E-state index >= 15 is 0 Å². The number of aliphatic imine (C=N–C) groups is 2. The molecule has 1 saturated carbocycles. The van der Waals surface area contributed by atoms with Crippen LogP contribution in [0.1, 0.15) is 62.1 Å². The van der Waals surface area contributed by atoms with Gasteiger partial charge in [0.05, 0.1) is 11.7 Å². The Balaban J connectivity index is 2.15. The second-order valence-electron chi connectivity index (χ2n) is 6.81. The van der Waals surface area contributed by atoms with E-state index in [4.69, 9.17) is 0 Å². The zero-order valence-corrected chi connectivity index (χ0v) is 14.1. The Hall–Kier alpha value is -2.02. The number of aryl methyl sites for hydroxylation is 1.